The van der Waals surface area contributed by atoms with E-state index in [-0.39, 0.29) is 12.4 Å². The molecule has 6 heteroatoms. The Hall–Kier alpha value is -2.21. The van der Waals surface area contributed by atoms with Crippen LogP contribution in [0.1, 0.15) is 70.4 Å². The predicted octanol–water partition coefficient (Wildman–Crippen LogP) is 4.14. The molecule has 1 heterocycles. The molecular weight excluding hydrogens is 356 g/mol. The van der Waals surface area contributed by atoms with Crippen LogP contribution in [0.5, 0.6) is 0 Å². The summed E-state index contributed by atoms with van der Waals surface area (Å²) in [4.78, 5) is 26.8. The molecule has 0 spiro atoms. The number of hydrogen-bond acceptors (Lipinski definition) is 6. The normalized spacial score (nSPS) is 13.2. The number of anilines is 1. The van der Waals surface area contributed by atoms with E-state index in [1.165, 1.54) is 32.8 Å². The van der Waals surface area contributed by atoms with E-state index >= 15 is 0 Å². The van der Waals surface area contributed by atoms with Crippen LogP contribution in [-0.4, -0.2) is 41.6 Å². The van der Waals surface area contributed by atoms with E-state index < -0.39 is 12.1 Å². The molecule has 0 amide bonds. The average molecular weight is 391 g/mol. The van der Waals surface area contributed by atoms with Crippen molar-refractivity contribution in [2.75, 3.05) is 12.4 Å². The fourth-order valence-corrected chi connectivity index (χ4v) is 2.80. The maximum absolute atomic E-state index is 11.2. The topological polar surface area (TPSA) is 88.5 Å². The number of nitrogens with one attached hydrogen (secondary N) is 1. The van der Waals surface area contributed by atoms with Gasteiger partial charge in [-0.3, -0.25) is 4.79 Å². The smallest absolute Gasteiger partial charge is 0.305 e. The van der Waals surface area contributed by atoms with E-state index in [1.807, 2.05) is 12.1 Å². The first-order valence-electron chi connectivity index (χ1n) is 10.2. The Bertz CT molecular complexity index is 604. The quantitative estimate of drug-likeness (QED) is 0.266. The van der Waals surface area contributed by atoms with Crippen molar-refractivity contribution in [3.05, 3.63) is 30.0 Å². The third kappa shape index (κ3) is 10.8. The highest BCUT2D eigenvalue weighted by atomic mass is 16.5. The number of esters is 1. The SMILES string of the molecule is CCCCCCCC[C@H](O)/C=C/c1cccc(NC(C=O)CCC(=O)OC)n1. The summed E-state index contributed by atoms with van der Waals surface area (Å²) in [7, 11) is 1.32. The van der Waals surface area contributed by atoms with Crippen molar-refractivity contribution in [2.24, 2.45) is 0 Å². The highest BCUT2D eigenvalue weighted by Gasteiger charge is 2.11. The van der Waals surface area contributed by atoms with Crippen LogP contribution < -0.4 is 5.32 Å². The Morgan fingerprint density at radius 2 is 1.96 bits per heavy atom. The van der Waals surface area contributed by atoms with E-state index in [0.717, 1.165) is 25.5 Å². The summed E-state index contributed by atoms with van der Waals surface area (Å²) < 4.78 is 4.59. The molecule has 1 aromatic rings. The lowest BCUT2D eigenvalue weighted by molar-refractivity contribution is -0.140. The van der Waals surface area contributed by atoms with Crippen LogP contribution >= 0.6 is 0 Å². The second-order valence-corrected chi connectivity index (χ2v) is 6.93. The summed E-state index contributed by atoms with van der Waals surface area (Å²) in [6.07, 6.45) is 12.3. The Morgan fingerprint density at radius 1 is 1.21 bits per heavy atom. The molecule has 0 aromatic carbocycles. The monoisotopic (exact) mass is 390 g/mol. The summed E-state index contributed by atoms with van der Waals surface area (Å²) in [5.74, 6) is 0.201. The first-order chi connectivity index (χ1) is 13.6. The van der Waals surface area contributed by atoms with Gasteiger partial charge in [-0.1, -0.05) is 57.6 Å². The first kappa shape index (κ1) is 23.8. The number of carbonyl (C=O) groups is 2. The number of aliphatic hydroxyl groups excluding tert-OH is 1. The number of ether oxygens (including phenoxy) is 1. The highest BCUT2D eigenvalue weighted by molar-refractivity contribution is 5.71. The molecule has 2 N–H and O–H groups in total. The van der Waals surface area contributed by atoms with Crippen molar-refractivity contribution in [1.29, 1.82) is 0 Å². The van der Waals surface area contributed by atoms with Crippen molar-refractivity contribution < 1.29 is 19.4 Å². The van der Waals surface area contributed by atoms with Gasteiger partial charge < -0.3 is 20.0 Å². The van der Waals surface area contributed by atoms with Gasteiger partial charge in [0.25, 0.3) is 0 Å². The van der Waals surface area contributed by atoms with Crippen molar-refractivity contribution in [2.45, 2.75) is 76.9 Å². The highest BCUT2D eigenvalue weighted by Crippen LogP contribution is 2.12. The lowest BCUT2D eigenvalue weighted by atomic mass is 10.1. The molecule has 0 aliphatic carbocycles. The molecule has 0 aliphatic heterocycles. The van der Waals surface area contributed by atoms with E-state index in [9.17, 15) is 14.7 Å². The van der Waals surface area contributed by atoms with Crippen molar-refractivity contribution in [1.82, 2.24) is 4.98 Å². The number of hydrogen-bond donors (Lipinski definition) is 2. The van der Waals surface area contributed by atoms with Gasteiger partial charge in [0.05, 0.1) is 24.9 Å². The zero-order valence-electron chi connectivity index (χ0n) is 17.1. The first-order valence-corrected chi connectivity index (χ1v) is 10.2. The maximum atomic E-state index is 11.2. The zero-order valence-corrected chi connectivity index (χ0v) is 17.1. The number of aliphatic hydroxyl groups is 1. The molecule has 0 aliphatic rings. The van der Waals surface area contributed by atoms with Crippen LogP contribution in [0.2, 0.25) is 0 Å². The predicted molar refractivity (Wildman–Crippen MR) is 112 cm³/mol. The number of nitrogens with zero attached hydrogens (tertiary/aromatic N) is 1. The molecular formula is C22H34N2O4. The minimum Gasteiger partial charge on any atom is -0.469 e. The summed E-state index contributed by atoms with van der Waals surface area (Å²) >= 11 is 0. The molecule has 6 nitrogen and oxygen atoms in total. The second kappa shape index (κ2) is 14.8. The fraction of sp³-hybridized carbons (Fsp3) is 0.591. The lowest BCUT2D eigenvalue weighted by Crippen LogP contribution is -2.23. The van der Waals surface area contributed by atoms with Crippen LogP contribution in [0.3, 0.4) is 0 Å². The molecule has 0 saturated heterocycles. The van der Waals surface area contributed by atoms with E-state index in [4.69, 9.17) is 0 Å². The Labute approximate surface area is 168 Å². The third-order valence-corrected chi connectivity index (χ3v) is 4.50. The molecule has 1 unspecified atom stereocenters. The van der Waals surface area contributed by atoms with Gasteiger partial charge in [0.2, 0.25) is 0 Å². The minimum atomic E-state index is -0.510. The van der Waals surface area contributed by atoms with Crippen molar-refractivity contribution in [3.8, 4) is 0 Å². The van der Waals surface area contributed by atoms with E-state index in [1.54, 1.807) is 18.2 Å². The largest absolute Gasteiger partial charge is 0.469 e. The Morgan fingerprint density at radius 3 is 2.68 bits per heavy atom. The molecule has 156 valence electrons. The zero-order chi connectivity index (χ0) is 20.6. The summed E-state index contributed by atoms with van der Waals surface area (Å²) in [5.41, 5.74) is 0.699. The van der Waals surface area contributed by atoms with Gasteiger partial charge >= 0.3 is 5.97 Å². The fourth-order valence-electron chi connectivity index (χ4n) is 2.80. The number of unbranched alkanes of at least 4 members (excludes halogenated alkanes) is 5. The Balaban J connectivity index is 2.45. The van der Waals surface area contributed by atoms with Gasteiger partial charge in [-0.25, -0.2) is 4.98 Å². The number of rotatable bonds is 15. The van der Waals surface area contributed by atoms with Crippen LogP contribution in [0, 0.1) is 0 Å². The number of methoxy groups -OCH3 is 1. The number of aldehydes is 1. The standard InChI is InChI=1S/C22H34N2O4/c1-3-4-5-6-7-8-11-20(26)15-13-18-10-9-12-21(23-18)24-19(17-25)14-16-22(27)28-2/h9-10,12-13,15,17,19-20,26H,3-8,11,14,16H2,1-2H3,(H,23,24)/b15-13+/t19?,20-/m0/s1. The van der Waals surface area contributed by atoms with Gasteiger partial charge in [0.1, 0.15) is 12.1 Å². The molecule has 28 heavy (non-hydrogen) atoms. The van der Waals surface area contributed by atoms with Gasteiger partial charge in [-0.15, -0.1) is 0 Å². The summed E-state index contributed by atoms with van der Waals surface area (Å²) in [6, 6.07) is 4.92. The van der Waals surface area contributed by atoms with Crippen molar-refractivity contribution >= 4 is 24.1 Å². The Kier molecular flexibility index (Phi) is 12.6. The molecule has 1 rings (SSSR count). The number of pyridine rings is 1. The van der Waals surface area contributed by atoms with Gasteiger partial charge in [-0.05, 0) is 31.1 Å². The second-order valence-electron chi connectivity index (χ2n) is 6.93. The number of carbonyl (C=O) groups excluding carboxylic acids is 2. The lowest BCUT2D eigenvalue weighted by Gasteiger charge is -2.13. The van der Waals surface area contributed by atoms with Crippen LogP contribution in [0.15, 0.2) is 24.3 Å². The maximum Gasteiger partial charge on any atom is 0.305 e. The van der Waals surface area contributed by atoms with E-state index in [2.05, 4.69) is 22.0 Å². The van der Waals surface area contributed by atoms with Crippen LogP contribution in [-0.2, 0) is 14.3 Å². The van der Waals surface area contributed by atoms with E-state index in [0.29, 0.717) is 17.9 Å². The van der Waals surface area contributed by atoms with Crippen LogP contribution in [0.25, 0.3) is 6.08 Å². The molecule has 0 saturated carbocycles. The van der Waals surface area contributed by atoms with Gasteiger partial charge in [0, 0.05) is 6.42 Å². The van der Waals surface area contributed by atoms with Crippen molar-refractivity contribution in [3.63, 3.8) is 0 Å². The molecule has 1 aromatic heterocycles. The minimum absolute atomic E-state index is 0.164. The molecule has 0 fully saturated rings. The average Bonchev–Trinajstić information content (AvgIpc) is 2.72. The van der Waals surface area contributed by atoms with Gasteiger partial charge in [0.15, 0.2) is 0 Å². The van der Waals surface area contributed by atoms with Crippen LogP contribution in [0.4, 0.5) is 5.82 Å². The molecule has 0 bridgehead atoms. The third-order valence-electron chi connectivity index (χ3n) is 4.50. The summed E-state index contributed by atoms with van der Waals surface area (Å²) in [6.45, 7) is 2.20. The number of aromatic nitrogens is 1. The summed E-state index contributed by atoms with van der Waals surface area (Å²) in [5, 5.41) is 13.1. The molecule has 0 radical (unpaired) electrons. The van der Waals surface area contributed by atoms with Gasteiger partial charge in [-0.2, -0.15) is 0 Å². The molecule has 2 atom stereocenters.